The summed E-state index contributed by atoms with van der Waals surface area (Å²) < 4.78 is 6.85. The minimum atomic E-state index is -1.13. The maximum absolute atomic E-state index is 11.1. The Morgan fingerprint density at radius 3 is 2.85 bits per heavy atom. The fourth-order valence-corrected chi connectivity index (χ4v) is 3.81. The molecule has 0 amide bonds. The van der Waals surface area contributed by atoms with Crippen molar-refractivity contribution in [1.29, 1.82) is 0 Å². The van der Waals surface area contributed by atoms with Crippen LogP contribution in [0, 0.1) is 0 Å². The van der Waals surface area contributed by atoms with Crippen LogP contribution in [0.2, 0.25) is 5.15 Å². The predicted molar refractivity (Wildman–Crippen MR) is 95.2 cm³/mol. The van der Waals surface area contributed by atoms with Crippen molar-refractivity contribution < 1.29 is 19.7 Å². The molecule has 1 fully saturated rings. The average molecular weight is 402 g/mol. The second kappa shape index (κ2) is 8.13. The number of ether oxygens (including phenoxy) is 1. The molecule has 0 aromatic carbocycles. The summed E-state index contributed by atoms with van der Waals surface area (Å²) in [5.41, 5.74) is 0.731. The zero-order valence-electron chi connectivity index (χ0n) is 14.4. The SMILES string of the molecule is CCCSc1nc(Cl)c2nnn([C@@H]3C[C@H](OCC(C)=O)[C@@H](O)[C@H]3O)c2n1. The first kappa shape index (κ1) is 19.4. The number of aliphatic hydroxyl groups is 2. The summed E-state index contributed by atoms with van der Waals surface area (Å²) in [4.78, 5) is 19.8. The molecule has 2 aromatic rings. The number of thioether (sulfide) groups is 1. The lowest BCUT2D eigenvalue weighted by Crippen LogP contribution is -2.33. The van der Waals surface area contributed by atoms with Crippen molar-refractivity contribution in [2.45, 2.75) is 56.2 Å². The van der Waals surface area contributed by atoms with E-state index in [-0.39, 0.29) is 24.0 Å². The molecule has 1 aliphatic carbocycles. The van der Waals surface area contributed by atoms with Gasteiger partial charge in [-0.1, -0.05) is 35.5 Å². The number of carbonyl (C=O) groups is 1. The van der Waals surface area contributed by atoms with Gasteiger partial charge >= 0.3 is 0 Å². The Balaban J connectivity index is 1.89. The van der Waals surface area contributed by atoms with Crippen LogP contribution >= 0.6 is 23.4 Å². The summed E-state index contributed by atoms with van der Waals surface area (Å²) in [7, 11) is 0. The average Bonchev–Trinajstić information content (AvgIpc) is 3.14. The molecule has 1 saturated carbocycles. The smallest absolute Gasteiger partial charge is 0.191 e. The highest BCUT2D eigenvalue weighted by Crippen LogP contribution is 2.35. The van der Waals surface area contributed by atoms with Crippen molar-refractivity contribution >= 4 is 40.3 Å². The van der Waals surface area contributed by atoms with Crippen molar-refractivity contribution in [3.63, 3.8) is 0 Å². The number of aliphatic hydroxyl groups excluding tert-OH is 2. The minimum Gasteiger partial charge on any atom is -0.388 e. The second-order valence-corrected chi connectivity index (χ2v) is 7.61. The highest BCUT2D eigenvalue weighted by molar-refractivity contribution is 7.99. The first-order chi connectivity index (χ1) is 12.4. The van der Waals surface area contributed by atoms with Crippen LogP contribution in [0.4, 0.5) is 0 Å². The molecule has 9 nitrogen and oxygen atoms in total. The Morgan fingerprint density at radius 1 is 1.38 bits per heavy atom. The van der Waals surface area contributed by atoms with Gasteiger partial charge in [0.15, 0.2) is 27.3 Å². The highest BCUT2D eigenvalue weighted by Gasteiger charge is 2.44. The number of hydrogen-bond acceptors (Lipinski definition) is 9. The minimum absolute atomic E-state index is 0.120. The van der Waals surface area contributed by atoms with Crippen molar-refractivity contribution in [3.8, 4) is 0 Å². The number of fused-ring (bicyclic) bond motifs is 1. The lowest BCUT2D eigenvalue weighted by atomic mass is 10.2. The van der Waals surface area contributed by atoms with Crippen molar-refractivity contribution in [1.82, 2.24) is 25.0 Å². The fourth-order valence-electron chi connectivity index (χ4n) is 2.86. The third-order valence-corrected chi connectivity index (χ3v) is 5.43. The molecule has 0 unspecified atom stereocenters. The van der Waals surface area contributed by atoms with Crippen LogP contribution in [-0.2, 0) is 9.53 Å². The topological polar surface area (TPSA) is 123 Å². The van der Waals surface area contributed by atoms with Crippen LogP contribution in [0.5, 0.6) is 0 Å². The van der Waals surface area contributed by atoms with Crippen LogP contribution in [0.1, 0.15) is 32.7 Å². The lowest BCUT2D eigenvalue weighted by Gasteiger charge is -2.17. The van der Waals surface area contributed by atoms with Gasteiger partial charge in [-0.2, -0.15) is 0 Å². The lowest BCUT2D eigenvalue weighted by molar-refractivity contribution is -0.126. The van der Waals surface area contributed by atoms with Gasteiger partial charge in [0.1, 0.15) is 18.8 Å². The molecule has 0 saturated heterocycles. The third-order valence-electron chi connectivity index (χ3n) is 4.11. The Kier molecular flexibility index (Phi) is 6.08. The second-order valence-electron chi connectivity index (χ2n) is 6.19. The van der Waals surface area contributed by atoms with E-state index in [0.717, 1.165) is 12.2 Å². The molecule has 2 heterocycles. The molecule has 2 aromatic heterocycles. The van der Waals surface area contributed by atoms with Gasteiger partial charge in [-0.3, -0.25) is 4.79 Å². The van der Waals surface area contributed by atoms with Gasteiger partial charge in [0.2, 0.25) is 0 Å². The zero-order valence-corrected chi connectivity index (χ0v) is 15.9. The monoisotopic (exact) mass is 401 g/mol. The van der Waals surface area contributed by atoms with E-state index in [1.54, 1.807) is 0 Å². The number of nitrogens with zero attached hydrogens (tertiary/aromatic N) is 5. The van der Waals surface area contributed by atoms with Crippen LogP contribution in [0.25, 0.3) is 11.2 Å². The van der Waals surface area contributed by atoms with E-state index in [1.807, 2.05) is 0 Å². The summed E-state index contributed by atoms with van der Waals surface area (Å²) >= 11 is 7.65. The van der Waals surface area contributed by atoms with Gasteiger partial charge in [0.25, 0.3) is 0 Å². The fraction of sp³-hybridized carbons (Fsp3) is 0.667. The number of hydrogen-bond donors (Lipinski definition) is 2. The van der Waals surface area contributed by atoms with Crippen molar-refractivity contribution in [2.24, 2.45) is 0 Å². The molecule has 0 bridgehead atoms. The summed E-state index contributed by atoms with van der Waals surface area (Å²) in [5, 5.41) is 29.4. The highest BCUT2D eigenvalue weighted by atomic mass is 35.5. The molecule has 3 rings (SSSR count). The number of rotatable bonds is 7. The summed E-state index contributed by atoms with van der Waals surface area (Å²) in [5.74, 6) is 0.688. The summed E-state index contributed by atoms with van der Waals surface area (Å²) in [6, 6.07) is -0.595. The van der Waals surface area contributed by atoms with Crippen LogP contribution in [0.3, 0.4) is 0 Å². The Labute approximate surface area is 159 Å². The summed E-state index contributed by atoms with van der Waals surface area (Å²) in [6.07, 6.45) is -1.71. The van der Waals surface area contributed by atoms with Crippen LogP contribution < -0.4 is 0 Å². The number of aromatic nitrogens is 5. The van der Waals surface area contributed by atoms with E-state index in [0.29, 0.717) is 16.3 Å². The molecule has 1 aliphatic rings. The Hall–Kier alpha value is -1.33. The first-order valence-corrected chi connectivity index (χ1v) is 9.67. The maximum Gasteiger partial charge on any atom is 0.191 e. The Bertz CT molecular complexity index is 804. The standard InChI is InChI=1S/C15H20ClN5O4S/c1-3-4-26-15-17-13(16)10-14(18-15)21(20-19-10)8-5-9(12(24)11(8)23)25-6-7(2)22/h8-9,11-12,23-24H,3-6H2,1-2H3/t8-,9+,11+,12-/m1/s1. The number of carbonyl (C=O) groups excluding carboxylic acids is 1. The van der Waals surface area contributed by atoms with E-state index in [1.165, 1.54) is 23.4 Å². The van der Waals surface area contributed by atoms with E-state index in [4.69, 9.17) is 16.3 Å². The van der Waals surface area contributed by atoms with E-state index >= 15 is 0 Å². The van der Waals surface area contributed by atoms with Gasteiger partial charge in [0.05, 0.1) is 12.1 Å². The molecule has 0 aliphatic heterocycles. The molecule has 2 N–H and O–H groups in total. The molecular formula is C15H20ClN5O4S. The van der Waals surface area contributed by atoms with Gasteiger partial charge < -0.3 is 14.9 Å². The predicted octanol–water partition coefficient (Wildman–Crippen LogP) is 1.02. The van der Waals surface area contributed by atoms with Crippen molar-refractivity contribution in [3.05, 3.63) is 5.15 Å². The quantitative estimate of drug-likeness (QED) is 0.397. The number of ketones is 1. The van der Waals surface area contributed by atoms with Gasteiger partial charge in [-0.05, 0) is 13.3 Å². The summed E-state index contributed by atoms with van der Waals surface area (Å²) in [6.45, 7) is 3.33. The van der Waals surface area contributed by atoms with Crippen molar-refractivity contribution in [2.75, 3.05) is 12.4 Å². The number of Topliss-reactive ketones (excluding diaryl/α,β-unsaturated/α-hetero) is 1. The molecule has 142 valence electrons. The van der Waals surface area contributed by atoms with Gasteiger partial charge in [-0.25, -0.2) is 14.6 Å². The van der Waals surface area contributed by atoms with E-state index in [2.05, 4.69) is 27.2 Å². The Morgan fingerprint density at radius 2 is 2.15 bits per heavy atom. The van der Waals surface area contributed by atoms with Gasteiger partial charge in [0, 0.05) is 12.2 Å². The molecule has 26 heavy (non-hydrogen) atoms. The maximum atomic E-state index is 11.1. The molecule has 11 heteroatoms. The van der Waals surface area contributed by atoms with Gasteiger partial charge in [-0.15, -0.1) is 5.10 Å². The zero-order chi connectivity index (χ0) is 18.8. The molecular weight excluding hydrogens is 382 g/mol. The molecule has 0 radical (unpaired) electrons. The van der Waals surface area contributed by atoms with E-state index in [9.17, 15) is 15.0 Å². The normalized spacial score (nSPS) is 25.9. The largest absolute Gasteiger partial charge is 0.388 e. The van der Waals surface area contributed by atoms with Crippen LogP contribution in [-0.4, -0.2) is 71.6 Å². The molecule has 4 atom stereocenters. The number of halogens is 1. The molecule has 0 spiro atoms. The third kappa shape index (κ3) is 3.84. The first-order valence-electron chi connectivity index (χ1n) is 8.30. The van der Waals surface area contributed by atoms with E-state index < -0.39 is 24.4 Å². The van der Waals surface area contributed by atoms with Crippen LogP contribution in [0.15, 0.2) is 5.16 Å².